The van der Waals surface area contributed by atoms with Gasteiger partial charge in [0, 0.05) is 25.3 Å². The first-order chi connectivity index (χ1) is 12.9. The highest BCUT2D eigenvalue weighted by atomic mass is 35.5. The third kappa shape index (κ3) is 5.09. The van der Waals surface area contributed by atoms with E-state index in [-0.39, 0.29) is 34.9 Å². The predicted octanol–water partition coefficient (Wildman–Crippen LogP) is 2.04. The topological polar surface area (TPSA) is 85.2 Å². The Hall–Kier alpha value is -1.52. The Morgan fingerprint density at radius 3 is 2.64 bits per heavy atom. The summed E-state index contributed by atoms with van der Waals surface area (Å²) >= 11 is 0. The second kappa shape index (κ2) is 9.32. The van der Waals surface area contributed by atoms with E-state index in [4.69, 9.17) is 4.74 Å². The van der Waals surface area contributed by atoms with Gasteiger partial charge < -0.3 is 10.1 Å². The van der Waals surface area contributed by atoms with Crippen molar-refractivity contribution >= 4 is 22.4 Å². The van der Waals surface area contributed by atoms with Gasteiger partial charge >= 0.3 is 0 Å². The SMILES string of the molecule is COCC1(CNS(=O)(=O)c2ccc(-n3cc(C)cn3)c(F)c2)CCNCC1.Cl. The average Bonchev–Trinajstić information content (AvgIpc) is 3.07. The number of hydrogen-bond donors (Lipinski definition) is 2. The van der Waals surface area contributed by atoms with Crippen LogP contribution in [0.4, 0.5) is 4.39 Å². The van der Waals surface area contributed by atoms with E-state index in [0.717, 1.165) is 37.6 Å². The van der Waals surface area contributed by atoms with Gasteiger partial charge in [-0.05, 0) is 56.6 Å². The number of aromatic nitrogens is 2. The summed E-state index contributed by atoms with van der Waals surface area (Å²) in [4.78, 5) is -0.103. The molecule has 0 atom stereocenters. The fourth-order valence-electron chi connectivity index (χ4n) is 3.35. The van der Waals surface area contributed by atoms with E-state index in [9.17, 15) is 12.8 Å². The number of nitrogens with one attached hydrogen (secondary N) is 2. The molecule has 3 rings (SSSR count). The van der Waals surface area contributed by atoms with Gasteiger partial charge in [0.1, 0.15) is 11.5 Å². The number of methoxy groups -OCH3 is 1. The molecule has 7 nitrogen and oxygen atoms in total. The second-order valence-electron chi connectivity index (χ2n) is 7.08. The maximum absolute atomic E-state index is 14.5. The van der Waals surface area contributed by atoms with Gasteiger partial charge in [0.15, 0.2) is 0 Å². The van der Waals surface area contributed by atoms with Crippen LogP contribution in [-0.2, 0) is 14.8 Å². The number of hydrogen-bond acceptors (Lipinski definition) is 5. The molecule has 0 unspecified atom stereocenters. The Morgan fingerprint density at radius 2 is 2.07 bits per heavy atom. The number of nitrogens with zero attached hydrogens (tertiary/aromatic N) is 2. The van der Waals surface area contributed by atoms with Gasteiger partial charge in [0.25, 0.3) is 0 Å². The van der Waals surface area contributed by atoms with Gasteiger partial charge in [-0.3, -0.25) is 0 Å². The molecule has 1 saturated heterocycles. The van der Waals surface area contributed by atoms with Crippen LogP contribution in [0.2, 0.25) is 0 Å². The van der Waals surface area contributed by atoms with Crippen LogP contribution in [0.1, 0.15) is 18.4 Å². The molecule has 1 aromatic carbocycles. The molecule has 1 aliphatic heterocycles. The molecular formula is C18H26ClFN4O3S. The van der Waals surface area contributed by atoms with Crippen molar-refractivity contribution in [3.8, 4) is 5.69 Å². The molecule has 0 aliphatic carbocycles. The molecule has 156 valence electrons. The number of sulfonamides is 1. The first-order valence-corrected chi connectivity index (χ1v) is 10.3. The number of halogens is 2. The molecule has 2 N–H and O–H groups in total. The highest BCUT2D eigenvalue weighted by molar-refractivity contribution is 7.89. The summed E-state index contributed by atoms with van der Waals surface area (Å²) in [7, 11) is -2.21. The fraction of sp³-hybridized carbons (Fsp3) is 0.500. The highest BCUT2D eigenvalue weighted by Gasteiger charge is 2.33. The minimum atomic E-state index is -3.83. The molecule has 10 heteroatoms. The van der Waals surface area contributed by atoms with Crippen molar-refractivity contribution in [1.29, 1.82) is 0 Å². The Bertz CT molecular complexity index is 892. The van der Waals surface area contributed by atoms with Crippen molar-refractivity contribution in [2.75, 3.05) is 33.4 Å². The number of ether oxygens (including phenoxy) is 1. The molecule has 0 saturated carbocycles. The van der Waals surface area contributed by atoms with Crippen molar-refractivity contribution in [1.82, 2.24) is 19.8 Å². The summed E-state index contributed by atoms with van der Waals surface area (Å²) in [6, 6.07) is 3.84. The van der Waals surface area contributed by atoms with Crippen molar-refractivity contribution in [3.63, 3.8) is 0 Å². The summed E-state index contributed by atoms with van der Waals surface area (Å²) in [6.07, 6.45) is 4.92. The monoisotopic (exact) mass is 432 g/mol. The number of rotatable bonds is 7. The lowest BCUT2D eigenvalue weighted by molar-refractivity contribution is 0.0577. The second-order valence-corrected chi connectivity index (χ2v) is 8.85. The lowest BCUT2D eigenvalue weighted by atomic mass is 9.80. The molecular weight excluding hydrogens is 407 g/mol. The Kier molecular flexibility index (Phi) is 7.58. The molecule has 1 aromatic heterocycles. The normalized spacial score (nSPS) is 16.5. The van der Waals surface area contributed by atoms with Crippen LogP contribution < -0.4 is 10.0 Å². The third-order valence-electron chi connectivity index (χ3n) is 4.94. The van der Waals surface area contributed by atoms with E-state index in [2.05, 4.69) is 15.1 Å². The Morgan fingerprint density at radius 1 is 1.36 bits per heavy atom. The number of aryl methyl sites for hydroxylation is 1. The van der Waals surface area contributed by atoms with Crippen LogP contribution in [0.25, 0.3) is 5.69 Å². The molecule has 0 radical (unpaired) electrons. The molecule has 1 fully saturated rings. The molecule has 1 aliphatic rings. The van der Waals surface area contributed by atoms with Crippen LogP contribution in [0, 0.1) is 18.2 Å². The van der Waals surface area contributed by atoms with Crippen LogP contribution >= 0.6 is 12.4 Å². The van der Waals surface area contributed by atoms with E-state index in [1.807, 2.05) is 6.92 Å². The summed E-state index contributed by atoms with van der Waals surface area (Å²) in [5.74, 6) is -0.644. The number of piperidine rings is 1. The quantitative estimate of drug-likeness (QED) is 0.699. The minimum absolute atomic E-state index is 0. The van der Waals surface area contributed by atoms with Gasteiger partial charge in [-0.25, -0.2) is 22.2 Å². The summed E-state index contributed by atoms with van der Waals surface area (Å²) in [5, 5.41) is 7.32. The van der Waals surface area contributed by atoms with Crippen molar-refractivity contribution in [3.05, 3.63) is 42.0 Å². The maximum Gasteiger partial charge on any atom is 0.240 e. The summed E-state index contributed by atoms with van der Waals surface area (Å²) in [5.41, 5.74) is 0.840. The molecule has 0 spiro atoms. The largest absolute Gasteiger partial charge is 0.384 e. The highest BCUT2D eigenvalue weighted by Crippen LogP contribution is 2.29. The molecule has 2 aromatic rings. The summed E-state index contributed by atoms with van der Waals surface area (Å²) in [6.45, 7) is 4.21. The van der Waals surface area contributed by atoms with Crippen LogP contribution in [0.5, 0.6) is 0 Å². The van der Waals surface area contributed by atoms with Gasteiger partial charge in [0.05, 0.1) is 17.7 Å². The smallest absolute Gasteiger partial charge is 0.240 e. The molecule has 28 heavy (non-hydrogen) atoms. The molecule has 2 heterocycles. The van der Waals surface area contributed by atoms with Gasteiger partial charge in [-0.2, -0.15) is 5.10 Å². The zero-order valence-corrected chi connectivity index (χ0v) is 17.6. The van der Waals surface area contributed by atoms with E-state index in [1.165, 1.54) is 16.8 Å². The Balaban J connectivity index is 0.00000280. The van der Waals surface area contributed by atoms with Crippen LogP contribution in [-0.4, -0.2) is 51.5 Å². The zero-order valence-electron chi connectivity index (χ0n) is 15.9. The average molecular weight is 433 g/mol. The van der Waals surface area contributed by atoms with E-state index < -0.39 is 15.8 Å². The fourth-order valence-corrected chi connectivity index (χ4v) is 4.52. The van der Waals surface area contributed by atoms with E-state index in [0.29, 0.717) is 6.61 Å². The van der Waals surface area contributed by atoms with Crippen LogP contribution in [0.15, 0.2) is 35.5 Å². The first-order valence-electron chi connectivity index (χ1n) is 8.86. The standard InChI is InChI=1S/C18H25FN4O3S.ClH/c1-14-10-21-23(11-14)17-4-3-15(9-16(17)19)27(24,25)22-12-18(13-26-2)5-7-20-8-6-18;/h3-4,9-11,20,22H,5-8,12-13H2,1-2H3;1H. The zero-order chi connectivity index (χ0) is 19.5. The maximum atomic E-state index is 14.5. The van der Waals surface area contributed by atoms with E-state index in [1.54, 1.807) is 19.5 Å². The van der Waals surface area contributed by atoms with E-state index >= 15 is 0 Å². The first kappa shape index (κ1) is 22.8. The minimum Gasteiger partial charge on any atom is -0.384 e. The van der Waals surface area contributed by atoms with Crippen molar-refractivity contribution < 1.29 is 17.5 Å². The molecule has 0 amide bonds. The number of benzene rings is 1. The lowest BCUT2D eigenvalue weighted by Crippen LogP contribution is -2.47. The van der Waals surface area contributed by atoms with Crippen molar-refractivity contribution in [2.24, 2.45) is 5.41 Å². The van der Waals surface area contributed by atoms with Gasteiger partial charge in [-0.1, -0.05) is 0 Å². The lowest BCUT2D eigenvalue weighted by Gasteiger charge is -2.37. The predicted molar refractivity (Wildman–Crippen MR) is 107 cm³/mol. The summed E-state index contributed by atoms with van der Waals surface area (Å²) < 4.78 is 49.2. The third-order valence-corrected chi connectivity index (χ3v) is 6.34. The van der Waals surface area contributed by atoms with Crippen LogP contribution in [0.3, 0.4) is 0 Å². The van der Waals surface area contributed by atoms with Gasteiger partial charge in [-0.15, -0.1) is 12.4 Å². The Labute approximate surface area is 171 Å². The van der Waals surface area contributed by atoms with Gasteiger partial charge in [0.2, 0.25) is 10.0 Å². The van der Waals surface area contributed by atoms with Crippen molar-refractivity contribution in [2.45, 2.75) is 24.7 Å². The molecule has 0 bridgehead atoms.